The quantitative estimate of drug-likeness (QED) is 0.446. The Hall–Kier alpha value is -1.41. The summed E-state index contributed by atoms with van der Waals surface area (Å²) in [5.74, 6) is -0.0116. The number of rotatable bonds is 2. The molecule has 2 N–H and O–H groups in total. The molecule has 0 saturated heterocycles. The van der Waals surface area contributed by atoms with Crippen LogP contribution in [-0.4, -0.2) is 38.8 Å². The maximum Gasteiger partial charge on any atom is 0.488 e. The second kappa shape index (κ2) is 4.56. The molecule has 0 fully saturated rings. The van der Waals surface area contributed by atoms with Crippen molar-refractivity contribution in [2.45, 2.75) is 38.8 Å². The third kappa shape index (κ3) is 1.94. The molecule has 1 radical (unpaired) electrons. The summed E-state index contributed by atoms with van der Waals surface area (Å²) < 4.78 is 0.697. The molecule has 0 atom stereocenters. The summed E-state index contributed by atoms with van der Waals surface area (Å²) in [6, 6.07) is 6.14. The number of amidine groups is 1. The number of nitrogens with zero attached hydrogens (tertiary/aromatic N) is 2. The van der Waals surface area contributed by atoms with Crippen molar-refractivity contribution in [3.05, 3.63) is 40.2 Å². The molecule has 2 rings (SSSR count). The standard InChI is InChI=1S/C13H18BN2O4/c1-12(2)13(3,4)16(20)11(15(12)19)9-6-5-7-10(8-9)14(17)18/h5-8,17-18H,1-4H3. The Labute approximate surface area is 118 Å². The molecule has 1 aliphatic heterocycles. The lowest BCUT2D eigenvalue weighted by Crippen LogP contribution is -2.55. The highest BCUT2D eigenvalue weighted by atomic mass is 16.5. The fourth-order valence-electron chi connectivity index (χ4n) is 2.18. The molecule has 0 amide bonds. The van der Waals surface area contributed by atoms with Gasteiger partial charge >= 0.3 is 13.0 Å². The fourth-order valence-corrected chi connectivity index (χ4v) is 2.18. The van der Waals surface area contributed by atoms with E-state index in [1.54, 1.807) is 39.8 Å². The zero-order chi connectivity index (χ0) is 15.3. The molecule has 0 unspecified atom stereocenters. The highest BCUT2D eigenvalue weighted by molar-refractivity contribution is 6.58. The highest BCUT2D eigenvalue weighted by Gasteiger charge is 2.64. The molecule has 0 spiro atoms. The van der Waals surface area contributed by atoms with Crippen LogP contribution >= 0.6 is 0 Å². The molecule has 20 heavy (non-hydrogen) atoms. The van der Waals surface area contributed by atoms with Crippen LogP contribution in [0.3, 0.4) is 0 Å². The van der Waals surface area contributed by atoms with Crippen molar-refractivity contribution in [1.29, 1.82) is 0 Å². The van der Waals surface area contributed by atoms with Gasteiger partial charge in [0.1, 0.15) is 5.56 Å². The molecule has 1 aliphatic rings. The predicted molar refractivity (Wildman–Crippen MR) is 77.7 cm³/mol. The minimum atomic E-state index is -1.64. The Balaban J connectivity index is 2.58. The van der Waals surface area contributed by atoms with E-state index in [1.807, 2.05) is 0 Å². The number of hydrogen-bond donors (Lipinski definition) is 2. The van der Waals surface area contributed by atoms with Gasteiger partial charge < -0.3 is 20.5 Å². The third-order valence-electron chi connectivity index (χ3n) is 4.34. The van der Waals surface area contributed by atoms with Crippen LogP contribution < -0.4 is 10.5 Å². The van der Waals surface area contributed by atoms with Crippen LogP contribution in [0.2, 0.25) is 0 Å². The normalized spacial score (nSPS) is 21.4. The molecule has 0 bridgehead atoms. The van der Waals surface area contributed by atoms with Gasteiger partial charge in [0.2, 0.25) is 11.1 Å². The number of benzene rings is 1. The first-order valence-electron chi connectivity index (χ1n) is 6.39. The Bertz CT molecular complexity index is 569. The molecular formula is C13H18BN2O4. The summed E-state index contributed by atoms with van der Waals surface area (Å²) in [5.41, 5.74) is -1.17. The van der Waals surface area contributed by atoms with Crippen molar-refractivity contribution in [3.63, 3.8) is 0 Å². The van der Waals surface area contributed by atoms with Crippen LogP contribution in [0.25, 0.3) is 0 Å². The molecule has 1 aromatic rings. The zero-order valence-corrected chi connectivity index (χ0v) is 12.0. The second-order valence-electron chi connectivity index (χ2n) is 6.03. The van der Waals surface area contributed by atoms with E-state index in [2.05, 4.69) is 0 Å². The van der Waals surface area contributed by atoms with Gasteiger partial charge in [-0.1, -0.05) is 17.2 Å². The van der Waals surface area contributed by atoms with Crippen LogP contribution in [0.15, 0.2) is 24.3 Å². The van der Waals surface area contributed by atoms with E-state index < -0.39 is 18.2 Å². The lowest BCUT2D eigenvalue weighted by molar-refractivity contribution is -0.539. The van der Waals surface area contributed by atoms with E-state index in [-0.39, 0.29) is 11.3 Å². The van der Waals surface area contributed by atoms with Crippen LogP contribution in [0.5, 0.6) is 0 Å². The molecule has 7 heteroatoms. The maximum absolute atomic E-state index is 12.4. The van der Waals surface area contributed by atoms with Crippen LogP contribution in [0, 0.1) is 10.4 Å². The summed E-state index contributed by atoms with van der Waals surface area (Å²) in [7, 11) is -1.64. The first-order valence-corrected chi connectivity index (χ1v) is 6.39. The van der Waals surface area contributed by atoms with Crippen molar-refractivity contribution in [2.75, 3.05) is 0 Å². The number of hydroxylamine groups is 3. The van der Waals surface area contributed by atoms with Crippen LogP contribution in [0.1, 0.15) is 33.3 Å². The molecule has 107 valence electrons. The molecule has 6 nitrogen and oxygen atoms in total. The molecule has 1 heterocycles. The topological polar surface area (TPSA) is 95.5 Å². The zero-order valence-electron chi connectivity index (χ0n) is 12.0. The van der Waals surface area contributed by atoms with Crippen LogP contribution in [-0.2, 0) is 0 Å². The lowest BCUT2D eigenvalue weighted by atomic mass is 9.79. The van der Waals surface area contributed by atoms with E-state index in [4.69, 9.17) is 0 Å². The van der Waals surface area contributed by atoms with E-state index in [1.165, 1.54) is 12.1 Å². The van der Waals surface area contributed by atoms with Crippen molar-refractivity contribution in [1.82, 2.24) is 5.06 Å². The van der Waals surface area contributed by atoms with E-state index in [0.717, 1.165) is 0 Å². The molecule has 0 aromatic heterocycles. The number of hydrogen-bond acceptors (Lipinski definition) is 5. The molecular weight excluding hydrogens is 259 g/mol. The third-order valence-corrected chi connectivity index (χ3v) is 4.34. The first-order chi connectivity index (χ1) is 9.10. The highest BCUT2D eigenvalue weighted by Crippen LogP contribution is 2.35. The van der Waals surface area contributed by atoms with Gasteiger partial charge in [0.05, 0.1) is 0 Å². The van der Waals surface area contributed by atoms with Gasteiger partial charge in [0.25, 0.3) is 0 Å². The Kier molecular flexibility index (Phi) is 3.42. The van der Waals surface area contributed by atoms with Crippen molar-refractivity contribution < 1.29 is 14.8 Å². The van der Waals surface area contributed by atoms with Gasteiger partial charge in [-0.25, -0.2) is 0 Å². The lowest BCUT2D eigenvalue weighted by Gasteiger charge is -2.29. The van der Waals surface area contributed by atoms with Crippen molar-refractivity contribution in [3.8, 4) is 0 Å². The van der Waals surface area contributed by atoms with Crippen molar-refractivity contribution in [2.24, 2.45) is 0 Å². The van der Waals surface area contributed by atoms with Gasteiger partial charge in [-0.15, -0.1) is 4.74 Å². The van der Waals surface area contributed by atoms with Crippen molar-refractivity contribution >= 4 is 18.4 Å². The first kappa shape index (κ1) is 15.0. The fraction of sp³-hybridized carbons (Fsp3) is 0.462. The Morgan fingerprint density at radius 3 is 2.10 bits per heavy atom. The monoisotopic (exact) mass is 277 g/mol. The SMILES string of the molecule is CC1(C)[N+]([O-])C(c2cccc(B(O)O)c2)=[N+]([O-])C1(C)C. The van der Waals surface area contributed by atoms with Gasteiger partial charge in [-0.3, -0.25) is 0 Å². The Morgan fingerprint density at radius 2 is 1.65 bits per heavy atom. The molecule has 1 aromatic carbocycles. The average Bonchev–Trinajstić information content (AvgIpc) is 2.49. The largest absolute Gasteiger partial charge is 0.619 e. The summed E-state index contributed by atoms with van der Waals surface area (Å²) in [4.78, 5) is 0. The van der Waals surface area contributed by atoms with Gasteiger partial charge in [0.15, 0.2) is 0 Å². The molecule has 0 saturated carbocycles. The smallest absolute Gasteiger partial charge is 0.488 e. The van der Waals surface area contributed by atoms with Gasteiger partial charge in [-0.05, 0) is 17.6 Å². The summed E-state index contributed by atoms with van der Waals surface area (Å²) in [5, 5.41) is 44.0. The predicted octanol–water partition coefficient (Wildman–Crippen LogP) is -0.168. The summed E-state index contributed by atoms with van der Waals surface area (Å²) >= 11 is 0. The second-order valence-corrected chi connectivity index (χ2v) is 6.03. The summed E-state index contributed by atoms with van der Waals surface area (Å²) in [6.45, 7) is 6.84. The van der Waals surface area contributed by atoms with Gasteiger partial charge in [0, 0.05) is 27.7 Å². The van der Waals surface area contributed by atoms with E-state index >= 15 is 0 Å². The maximum atomic E-state index is 12.4. The van der Waals surface area contributed by atoms with E-state index in [9.17, 15) is 20.5 Å². The Morgan fingerprint density at radius 1 is 1.05 bits per heavy atom. The minimum Gasteiger partial charge on any atom is -0.619 e. The molecule has 0 aliphatic carbocycles. The average molecular weight is 277 g/mol. The minimum absolute atomic E-state index is 0.0116. The summed E-state index contributed by atoms with van der Waals surface area (Å²) in [6.07, 6.45) is 0. The van der Waals surface area contributed by atoms with E-state index in [0.29, 0.717) is 15.4 Å². The van der Waals surface area contributed by atoms with Crippen LogP contribution in [0.4, 0.5) is 0 Å². The van der Waals surface area contributed by atoms with Gasteiger partial charge in [-0.2, -0.15) is 0 Å².